The number of pyridine rings is 2. The average molecular weight is 545 g/mol. The first-order valence-corrected chi connectivity index (χ1v) is 12.9. The summed E-state index contributed by atoms with van der Waals surface area (Å²) in [7, 11) is 4.92. The van der Waals surface area contributed by atoms with Crippen LogP contribution in [0.2, 0.25) is 0 Å². The zero-order chi connectivity index (χ0) is 27.9. The Labute approximate surface area is 226 Å². The number of nitrogens with zero attached hydrogens (tertiary/aromatic N) is 6. The van der Waals surface area contributed by atoms with E-state index in [0.717, 1.165) is 17.4 Å². The Hall–Kier alpha value is -3.96. The third kappa shape index (κ3) is 6.73. The first-order valence-electron chi connectivity index (χ1n) is 12.9. The maximum absolute atomic E-state index is 13.5. The van der Waals surface area contributed by atoms with E-state index in [9.17, 15) is 18.4 Å². The number of hydrogen-bond donors (Lipinski definition) is 0. The number of ether oxygens (including phenoxy) is 2. The Morgan fingerprint density at radius 2 is 1.97 bits per heavy atom. The number of fused-ring (bicyclic) bond motifs is 1. The summed E-state index contributed by atoms with van der Waals surface area (Å²) in [4.78, 5) is 39.5. The fraction of sp³-hybridized carbons (Fsp3) is 0.481. The van der Waals surface area contributed by atoms with Crippen LogP contribution in [0.5, 0.6) is 11.5 Å². The molecule has 0 aliphatic carbocycles. The van der Waals surface area contributed by atoms with Crippen molar-refractivity contribution in [2.75, 3.05) is 45.8 Å². The van der Waals surface area contributed by atoms with Gasteiger partial charge in [0.15, 0.2) is 11.5 Å². The summed E-state index contributed by atoms with van der Waals surface area (Å²) >= 11 is 0. The first-order chi connectivity index (χ1) is 18.8. The third-order valence-corrected chi connectivity index (χ3v) is 6.62. The van der Waals surface area contributed by atoms with Gasteiger partial charge in [0.1, 0.15) is 18.0 Å². The Balaban J connectivity index is 1.47. The second kappa shape index (κ2) is 12.7. The molecule has 4 rings (SSSR count). The number of anilines is 1. The number of urea groups is 1. The molecule has 0 unspecified atom stereocenters. The fourth-order valence-corrected chi connectivity index (χ4v) is 4.46. The van der Waals surface area contributed by atoms with Gasteiger partial charge in [0, 0.05) is 64.0 Å². The molecule has 1 aliphatic heterocycles. The Morgan fingerprint density at radius 3 is 2.72 bits per heavy atom. The normalized spacial score (nSPS) is 13.8. The van der Waals surface area contributed by atoms with Gasteiger partial charge >= 0.3 is 6.03 Å². The lowest BCUT2D eigenvalue weighted by Gasteiger charge is -2.35. The monoisotopic (exact) mass is 544 g/mol. The minimum atomic E-state index is -2.32. The Kier molecular flexibility index (Phi) is 9.15. The summed E-state index contributed by atoms with van der Waals surface area (Å²) in [5.74, 6) is 1.21. The van der Waals surface area contributed by atoms with Crippen LogP contribution in [0.3, 0.4) is 0 Å². The molecule has 0 saturated carbocycles. The van der Waals surface area contributed by atoms with Crippen molar-refractivity contribution in [3.63, 3.8) is 0 Å². The van der Waals surface area contributed by atoms with E-state index in [1.54, 1.807) is 36.2 Å². The van der Waals surface area contributed by atoms with Gasteiger partial charge < -0.3 is 23.8 Å². The maximum Gasteiger partial charge on any atom is 0.325 e. The van der Waals surface area contributed by atoms with Gasteiger partial charge in [-0.05, 0) is 37.0 Å². The molecule has 0 radical (unpaired) electrons. The van der Waals surface area contributed by atoms with Crippen molar-refractivity contribution < 1.29 is 27.8 Å². The van der Waals surface area contributed by atoms with Crippen LogP contribution in [0.25, 0.3) is 11.0 Å². The molecule has 0 atom stereocenters. The minimum absolute atomic E-state index is 0.0370. The lowest BCUT2D eigenvalue weighted by molar-refractivity contribution is -0.129. The Bertz CT molecular complexity index is 1300. The number of amides is 3. The Morgan fingerprint density at radius 1 is 1.15 bits per heavy atom. The number of halogens is 2. The van der Waals surface area contributed by atoms with Crippen LogP contribution < -0.4 is 14.4 Å². The molecule has 3 amide bonds. The highest BCUT2D eigenvalue weighted by Crippen LogP contribution is 2.32. The predicted molar refractivity (Wildman–Crippen MR) is 142 cm³/mol. The number of methoxy groups -OCH3 is 1. The molecule has 39 heavy (non-hydrogen) atoms. The van der Waals surface area contributed by atoms with Gasteiger partial charge in [0.25, 0.3) is 0 Å². The molecule has 1 saturated heterocycles. The van der Waals surface area contributed by atoms with E-state index >= 15 is 0 Å². The lowest BCUT2D eigenvalue weighted by atomic mass is 10.1. The van der Waals surface area contributed by atoms with E-state index in [4.69, 9.17) is 9.47 Å². The molecule has 0 N–H and O–H groups in total. The molecule has 1 fully saturated rings. The van der Waals surface area contributed by atoms with E-state index in [1.165, 1.54) is 18.2 Å². The maximum atomic E-state index is 13.5. The van der Waals surface area contributed by atoms with Crippen molar-refractivity contribution in [3.8, 4) is 11.5 Å². The van der Waals surface area contributed by atoms with E-state index in [2.05, 4.69) is 9.97 Å². The van der Waals surface area contributed by atoms with Gasteiger partial charge in [0.2, 0.25) is 12.3 Å². The fourth-order valence-electron chi connectivity index (χ4n) is 4.46. The van der Waals surface area contributed by atoms with Gasteiger partial charge in [0.05, 0.1) is 19.9 Å². The number of alkyl halides is 2. The van der Waals surface area contributed by atoms with Crippen LogP contribution in [0.4, 0.5) is 19.4 Å². The van der Waals surface area contributed by atoms with Crippen molar-refractivity contribution in [3.05, 3.63) is 42.4 Å². The molecule has 10 nitrogen and oxygen atoms in total. The first kappa shape index (κ1) is 28.1. The summed E-state index contributed by atoms with van der Waals surface area (Å²) in [5.41, 5.74) is 1.62. The van der Waals surface area contributed by atoms with Crippen LogP contribution in [0, 0.1) is 0 Å². The highest BCUT2D eigenvalue weighted by Gasteiger charge is 2.29. The lowest BCUT2D eigenvalue weighted by Crippen LogP contribution is -2.49. The van der Waals surface area contributed by atoms with Crippen LogP contribution in [-0.4, -0.2) is 83.6 Å². The molecule has 3 aromatic rings. The molecule has 12 heteroatoms. The smallest absolute Gasteiger partial charge is 0.325 e. The van der Waals surface area contributed by atoms with Crippen molar-refractivity contribution in [2.45, 2.75) is 45.2 Å². The van der Waals surface area contributed by atoms with Crippen LogP contribution >= 0.6 is 0 Å². The van der Waals surface area contributed by atoms with E-state index in [0.29, 0.717) is 55.4 Å². The molecule has 1 aliphatic rings. The molecule has 0 bridgehead atoms. The number of likely N-dealkylation sites (N-methyl/N-ethyl adjacent to an activating group) is 1. The van der Waals surface area contributed by atoms with E-state index < -0.39 is 6.43 Å². The van der Waals surface area contributed by atoms with Crippen molar-refractivity contribution in [1.82, 2.24) is 24.3 Å². The summed E-state index contributed by atoms with van der Waals surface area (Å²) in [6.45, 7) is 1.90. The van der Waals surface area contributed by atoms with Crippen molar-refractivity contribution in [2.24, 2.45) is 0 Å². The van der Waals surface area contributed by atoms with Crippen molar-refractivity contribution in [1.29, 1.82) is 0 Å². The standard InChI is InChI=1S/C27H34F2N6O4/c1-32(2)25(36)18-33-13-9-20-19(8-10-30-26(20)33)17-34-11-6-12-35(27(34)37)24-15-21(22(38-3)16-31-24)39-14-5-4-7-23(28)29/h8-10,13,15-16,23H,4-7,11-12,14,17-18H2,1-3H3. The number of hydrogen-bond acceptors (Lipinski definition) is 6. The van der Waals surface area contributed by atoms with Gasteiger partial charge in [-0.15, -0.1) is 0 Å². The van der Waals surface area contributed by atoms with Crippen molar-refractivity contribution >= 4 is 28.8 Å². The third-order valence-electron chi connectivity index (χ3n) is 6.62. The van der Waals surface area contributed by atoms with Crippen LogP contribution in [0.1, 0.15) is 31.2 Å². The zero-order valence-electron chi connectivity index (χ0n) is 22.5. The van der Waals surface area contributed by atoms with Gasteiger partial charge in [-0.2, -0.15) is 0 Å². The highest BCUT2D eigenvalue weighted by molar-refractivity contribution is 5.92. The van der Waals surface area contributed by atoms with E-state index in [1.807, 2.05) is 22.9 Å². The topological polar surface area (TPSA) is 93.0 Å². The molecule has 3 aromatic heterocycles. The molecule has 4 heterocycles. The number of carbonyl (C=O) groups excluding carboxylic acids is 2. The quantitative estimate of drug-likeness (QED) is 0.318. The average Bonchev–Trinajstić information content (AvgIpc) is 3.33. The number of unbranched alkanes of at least 4 members (excludes halogenated alkanes) is 1. The minimum Gasteiger partial charge on any atom is -0.491 e. The van der Waals surface area contributed by atoms with Gasteiger partial charge in [-0.3, -0.25) is 9.69 Å². The summed E-state index contributed by atoms with van der Waals surface area (Å²) in [5, 5.41) is 0.888. The number of aromatic nitrogens is 3. The molecular formula is C27H34F2N6O4. The molecule has 0 aromatic carbocycles. The molecule has 210 valence electrons. The highest BCUT2D eigenvalue weighted by atomic mass is 19.3. The number of rotatable bonds is 12. The van der Waals surface area contributed by atoms with Crippen LogP contribution in [-0.2, 0) is 17.9 Å². The number of carbonyl (C=O) groups is 2. The molecular weight excluding hydrogens is 510 g/mol. The summed E-state index contributed by atoms with van der Waals surface area (Å²) in [6.07, 6.45) is 4.12. The zero-order valence-corrected chi connectivity index (χ0v) is 22.5. The largest absolute Gasteiger partial charge is 0.491 e. The summed E-state index contributed by atoms with van der Waals surface area (Å²) in [6, 6.07) is 5.27. The van der Waals surface area contributed by atoms with E-state index in [-0.39, 0.29) is 31.5 Å². The second-order valence-corrected chi connectivity index (χ2v) is 9.58. The summed E-state index contributed by atoms with van der Waals surface area (Å²) < 4.78 is 37.7. The van der Waals surface area contributed by atoms with Gasteiger partial charge in [-0.1, -0.05) is 0 Å². The predicted octanol–water partition coefficient (Wildman–Crippen LogP) is 4.17. The molecule has 0 spiro atoms. The second-order valence-electron chi connectivity index (χ2n) is 9.58. The van der Waals surface area contributed by atoms with Gasteiger partial charge in [-0.25, -0.2) is 23.5 Å². The SMILES string of the molecule is COc1cnc(N2CCCN(Cc3ccnc4c3ccn4CC(=O)N(C)C)C2=O)cc1OCCCCC(F)F. The van der Waals surface area contributed by atoms with Crippen LogP contribution in [0.15, 0.2) is 36.8 Å².